The van der Waals surface area contributed by atoms with Gasteiger partial charge in [0.25, 0.3) is 0 Å². The third kappa shape index (κ3) is 3.22. The molecule has 5 nitrogen and oxygen atoms in total. The number of rotatable bonds is 4. The Morgan fingerprint density at radius 3 is 2.89 bits per heavy atom. The van der Waals surface area contributed by atoms with Crippen molar-refractivity contribution in [3.8, 4) is 11.5 Å². The first-order valence-corrected chi connectivity index (χ1v) is 5.85. The van der Waals surface area contributed by atoms with Gasteiger partial charge in [-0.25, -0.2) is 4.79 Å². The SMILES string of the molecule is CCOC(=O)c1cc(N)ccc1Oc1cccnc1. The number of carbonyl (C=O) groups is 1. The summed E-state index contributed by atoms with van der Waals surface area (Å²) in [6, 6.07) is 8.32. The zero-order valence-corrected chi connectivity index (χ0v) is 10.5. The van der Waals surface area contributed by atoms with Gasteiger partial charge in [0.2, 0.25) is 0 Å². The fraction of sp³-hybridized carbons (Fsp3) is 0.143. The van der Waals surface area contributed by atoms with Gasteiger partial charge in [0, 0.05) is 11.9 Å². The molecule has 2 aromatic rings. The number of ether oxygens (including phenoxy) is 2. The van der Waals surface area contributed by atoms with Gasteiger partial charge in [0.15, 0.2) is 0 Å². The molecule has 0 atom stereocenters. The molecule has 0 saturated heterocycles. The summed E-state index contributed by atoms with van der Waals surface area (Å²) in [5, 5.41) is 0. The lowest BCUT2D eigenvalue weighted by atomic mass is 10.2. The van der Waals surface area contributed by atoms with E-state index in [1.807, 2.05) is 0 Å². The van der Waals surface area contributed by atoms with Crippen molar-refractivity contribution >= 4 is 11.7 Å². The predicted octanol–water partition coefficient (Wildman–Crippen LogP) is 2.63. The highest BCUT2D eigenvalue weighted by Crippen LogP contribution is 2.27. The zero-order chi connectivity index (χ0) is 13.7. The van der Waals surface area contributed by atoms with Gasteiger partial charge in [-0.2, -0.15) is 0 Å². The van der Waals surface area contributed by atoms with Crippen LogP contribution in [0.4, 0.5) is 5.69 Å². The summed E-state index contributed by atoms with van der Waals surface area (Å²) in [5.41, 5.74) is 6.45. The molecule has 19 heavy (non-hydrogen) atoms. The van der Waals surface area contributed by atoms with Crippen LogP contribution in [0.3, 0.4) is 0 Å². The van der Waals surface area contributed by atoms with Crippen LogP contribution in [0.5, 0.6) is 11.5 Å². The third-order valence-electron chi connectivity index (χ3n) is 2.36. The van der Waals surface area contributed by atoms with Crippen molar-refractivity contribution in [3.05, 3.63) is 48.3 Å². The summed E-state index contributed by atoms with van der Waals surface area (Å²) in [4.78, 5) is 15.8. The van der Waals surface area contributed by atoms with E-state index in [9.17, 15) is 4.79 Å². The van der Waals surface area contributed by atoms with Crippen molar-refractivity contribution in [2.45, 2.75) is 6.92 Å². The van der Waals surface area contributed by atoms with Gasteiger partial charge < -0.3 is 15.2 Å². The third-order valence-corrected chi connectivity index (χ3v) is 2.36. The van der Waals surface area contributed by atoms with E-state index in [-0.39, 0.29) is 0 Å². The summed E-state index contributed by atoms with van der Waals surface area (Å²) in [6.07, 6.45) is 3.20. The van der Waals surface area contributed by atoms with Crippen molar-refractivity contribution in [2.75, 3.05) is 12.3 Å². The number of hydrogen-bond donors (Lipinski definition) is 1. The average Bonchev–Trinajstić information content (AvgIpc) is 2.42. The second-order valence-corrected chi connectivity index (χ2v) is 3.77. The normalized spacial score (nSPS) is 9.95. The first-order valence-electron chi connectivity index (χ1n) is 5.85. The number of hydrogen-bond acceptors (Lipinski definition) is 5. The Kier molecular flexibility index (Phi) is 3.97. The van der Waals surface area contributed by atoms with E-state index in [4.69, 9.17) is 15.2 Å². The van der Waals surface area contributed by atoms with Gasteiger partial charge in [0.05, 0.1) is 12.8 Å². The van der Waals surface area contributed by atoms with Crippen LogP contribution in [0, 0.1) is 0 Å². The summed E-state index contributed by atoms with van der Waals surface area (Å²) < 4.78 is 10.6. The summed E-state index contributed by atoms with van der Waals surface area (Å²) in [6.45, 7) is 2.03. The Hall–Kier alpha value is -2.56. The van der Waals surface area contributed by atoms with Crippen LogP contribution in [0.1, 0.15) is 17.3 Å². The topological polar surface area (TPSA) is 74.4 Å². The molecule has 1 aromatic heterocycles. The number of pyridine rings is 1. The highest BCUT2D eigenvalue weighted by atomic mass is 16.5. The van der Waals surface area contributed by atoms with Crippen LogP contribution >= 0.6 is 0 Å². The highest BCUT2D eigenvalue weighted by molar-refractivity contribution is 5.93. The van der Waals surface area contributed by atoms with Crippen LogP contribution in [0.2, 0.25) is 0 Å². The molecule has 98 valence electrons. The average molecular weight is 258 g/mol. The molecule has 0 bridgehead atoms. The maximum absolute atomic E-state index is 11.8. The quantitative estimate of drug-likeness (QED) is 0.674. The monoisotopic (exact) mass is 258 g/mol. The molecule has 0 spiro atoms. The van der Waals surface area contributed by atoms with Crippen molar-refractivity contribution in [1.29, 1.82) is 0 Å². The smallest absolute Gasteiger partial charge is 0.342 e. The lowest BCUT2D eigenvalue weighted by molar-refractivity contribution is 0.0523. The lowest BCUT2D eigenvalue weighted by Crippen LogP contribution is -2.07. The zero-order valence-electron chi connectivity index (χ0n) is 10.5. The number of nitrogens with two attached hydrogens (primary N) is 1. The summed E-state index contributed by atoms with van der Waals surface area (Å²) >= 11 is 0. The van der Waals surface area contributed by atoms with Crippen molar-refractivity contribution in [2.24, 2.45) is 0 Å². The lowest BCUT2D eigenvalue weighted by Gasteiger charge is -2.10. The Bertz CT molecular complexity index is 570. The Balaban J connectivity index is 2.32. The minimum absolute atomic E-state index is 0.292. The molecular formula is C14H14N2O3. The molecule has 0 radical (unpaired) electrons. The number of anilines is 1. The van der Waals surface area contributed by atoms with E-state index in [1.54, 1.807) is 43.6 Å². The molecule has 5 heteroatoms. The number of nitrogen functional groups attached to an aromatic ring is 1. The van der Waals surface area contributed by atoms with E-state index >= 15 is 0 Å². The minimum atomic E-state index is -0.464. The van der Waals surface area contributed by atoms with Crippen LogP contribution < -0.4 is 10.5 Å². The largest absolute Gasteiger partial charge is 0.462 e. The Morgan fingerprint density at radius 1 is 1.37 bits per heavy atom. The first kappa shape index (κ1) is 12.9. The van der Waals surface area contributed by atoms with Crippen molar-refractivity contribution in [3.63, 3.8) is 0 Å². The van der Waals surface area contributed by atoms with Gasteiger partial charge in [0.1, 0.15) is 17.1 Å². The number of nitrogens with zero attached hydrogens (tertiary/aromatic N) is 1. The van der Waals surface area contributed by atoms with E-state index in [1.165, 1.54) is 6.07 Å². The van der Waals surface area contributed by atoms with Gasteiger partial charge >= 0.3 is 5.97 Å². The minimum Gasteiger partial charge on any atom is -0.462 e. The van der Waals surface area contributed by atoms with E-state index in [0.29, 0.717) is 29.4 Å². The van der Waals surface area contributed by atoms with Crippen LogP contribution in [0.25, 0.3) is 0 Å². The highest BCUT2D eigenvalue weighted by Gasteiger charge is 2.15. The van der Waals surface area contributed by atoms with Crippen molar-refractivity contribution < 1.29 is 14.3 Å². The number of benzene rings is 1. The predicted molar refractivity (Wildman–Crippen MR) is 71.1 cm³/mol. The Labute approximate surface area is 111 Å². The molecule has 0 amide bonds. The molecule has 1 heterocycles. The molecular weight excluding hydrogens is 244 g/mol. The maximum atomic E-state index is 11.8. The molecule has 0 aliphatic rings. The second-order valence-electron chi connectivity index (χ2n) is 3.77. The van der Waals surface area contributed by atoms with Crippen LogP contribution in [0.15, 0.2) is 42.7 Å². The molecule has 2 N–H and O–H groups in total. The van der Waals surface area contributed by atoms with Gasteiger partial charge in [-0.05, 0) is 37.3 Å². The van der Waals surface area contributed by atoms with Crippen molar-refractivity contribution in [1.82, 2.24) is 4.98 Å². The Morgan fingerprint density at radius 2 is 2.21 bits per heavy atom. The fourth-order valence-electron chi connectivity index (χ4n) is 1.54. The summed E-state index contributed by atoms with van der Waals surface area (Å²) in [5.74, 6) is 0.465. The van der Waals surface area contributed by atoms with E-state index in [0.717, 1.165) is 0 Å². The number of aromatic nitrogens is 1. The van der Waals surface area contributed by atoms with Gasteiger partial charge in [-0.3, -0.25) is 4.98 Å². The molecule has 1 aromatic carbocycles. The standard InChI is InChI=1S/C14H14N2O3/c1-2-18-14(17)12-8-10(15)5-6-13(12)19-11-4-3-7-16-9-11/h3-9H,2,15H2,1H3. The van der Waals surface area contributed by atoms with Crippen LogP contribution in [-0.4, -0.2) is 17.6 Å². The number of carbonyl (C=O) groups excluding carboxylic acids is 1. The molecule has 2 rings (SSSR count). The van der Waals surface area contributed by atoms with E-state index in [2.05, 4.69) is 4.98 Å². The van der Waals surface area contributed by atoms with Gasteiger partial charge in [-0.1, -0.05) is 0 Å². The van der Waals surface area contributed by atoms with E-state index < -0.39 is 5.97 Å². The molecule has 0 aliphatic carbocycles. The maximum Gasteiger partial charge on any atom is 0.342 e. The number of esters is 1. The van der Waals surface area contributed by atoms with Crippen LogP contribution in [-0.2, 0) is 4.74 Å². The fourth-order valence-corrected chi connectivity index (χ4v) is 1.54. The van der Waals surface area contributed by atoms with Gasteiger partial charge in [-0.15, -0.1) is 0 Å². The molecule has 0 unspecified atom stereocenters. The molecule has 0 fully saturated rings. The second kappa shape index (κ2) is 5.86. The first-order chi connectivity index (χ1) is 9.20. The molecule has 0 aliphatic heterocycles. The molecule has 0 saturated carbocycles. The summed E-state index contributed by atoms with van der Waals surface area (Å²) in [7, 11) is 0.